The fraction of sp³-hybridized carbons (Fsp3) is 0.348. The van der Waals surface area contributed by atoms with E-state index >= 15 is 0 Å². The Labute approximate surface area is 191 Å². The quantitative estimate of drug-likeness (QED) is 0.465. The van der Waals surface area contributed by atoms with Crippen LogP contribution < -0.4 is 0 Å². The molecular formula is C23H21F6N3O2. The minimum absolute atomic E-state index is 0.0957. The third-order valence-electron chi connectivity index (χ3n) is 5.42. The Hall–Kier alpha value is -2.89. The summed E-state index contributed by atoms with van der Waals surface area (Å²) in [5, 5.41) is 0. The molecule has 0 aliphatic carbocycles. The predicted octanol–water partition coefficient (Wildman–Crippen LogP) is 5.56. The van der Waals surface area contributed by atoms with Crippen LogP contribution in [0, 0.1) is 0 Å². The number of H-pyrrole nitrogens is 1. The van der Waals surface area contributed by atoms with Gasteiger partial charge in [0.25, 0.3) is 0 Å². The molecule has 1 aliphatic heterocycles. The lowest BCUT2D eigenvalue weighted by Crippen LogP contribution is -2.46. The number of nitrogens with zero attached hydrogens (tertiary/aromatic N) is 2. The highest BCUT2D eigenvalue weighted by Crippen LogP contribution is 2.37. The number of halogens is 6. The van der Waals surface area contributed by atoms with Gasteiger partial charge in [-0.1, -0.05) is 30.3 Å². The van der Waals surface area contributed by atoms with Crippen molar-refractivity contribution in [1.29, 1.82) is 0 Å². The number of hydrogen-bond donors (Lipinski definition) is 1. The normalized spacial score (nSPS) is 19.9. The molecule has 182 valence electrons. The van der Waals surface area contributed by atoms with Crippen LogP contribution in [0.25, 0.3) is 0 Å². The van der Waals surface area contributed by atoms with Crippen LogP contribution in [-0.4, -0.2) is 34.3 Å². The number of nitrogens with one attached hydrogen (secondary N) is 1. The lowest BCUT2D eigenvalue weighted by molar-refractivity contribution is -0.218. The van der Waals surface area contributed by atoms with Crippen molar-refractivity contribution in [2.75, 3.05) is 13.2 Å². The minimum Gasteiger partial charge on any atom is -0.349 e. The van der Waals surface area contributed by atoms with Gasteiger partial charge < -0.3 is 14.5 Å². The van der Waals surface area contributed by atoms with Gasteiger partial charge in [-0.25, -0.2) is 4.98 Å². The monoisotopic (exact) mass is 485 g/mol. The predicted molar refractivity (Wildman–Crippen MR) is 109 cm³/mol. The molecule has 34 heavy (non-hydrogen) atoms. The first kappa shape index (κ1) is 24.2. The van der Waals surface area contributed by atoms with E-state index in [4.69, 9.17) is 9.47 Å². The first-order chi connectivity index (χ1) is 16.1. The van der Waals surface area contributed by atoms with E-state index in [0.717, 1.165) is 5.56 Å². The number of rotatable bonds is 6. The Morgan fingerprint density at radius 3 is 2.26 bits per heavy atom. The molecule has 0 saturated carbocycles. The summed E-state index contributed by atoms with van der Waals surface area (Å²) in [5.74, 6) is 0.703. The molecular weight excluding hydrogens is 464 g/mol. The van der Waals surface area contributed by atoms with Crippen molar-refractivity contribution in [2.24, 2.45) is 0 Å². The summed E-state index contributed by atoms with van der Waals surface area (Å²) >= 11 is 0. The van der Waals surface area contributed by atoms with Crippen LogP contribution in [-0.2, 0) is 35.0 Å². The topological polar surface area (TPSA) is 50.4 Å². The second kappa shape index (κ2) is 9.77. The van der Waals surface area contributed by atoms with Crippen molar-refractivity contribution in [1.82, 2.24) is 14.9 Å². The molecule has 0 amide bonds. The summed E-state index contributed by atoms with van der Waals surface area (Å²) in [5.41, 5.74) is -2.19. The second-order valence-electron chi connectivity index (χ2n) is 7.83. The highest BCUT2D eigenvalue weighted by atomic mass is 19.4. The Kier molecular flexibility index (Phi) is 6.96. The van der Waals surface area contributed by atoms with Gasteiger partial charge in [0.05, 0.1) is 36.9 Å². The number of morpholine rings is 1. The van der Waals surface area contributed by atoms with Gasteiger partial charge in [-0.3, -0.25) is 4.90 Å². The third kappa shape index (κ3) is 5.78. The van der Waals surface area contributed by atoms with Gasteiger partial charge in [-0.2, -0.15) is 26.3 Å². The van der Waals surface area contributed by atoms with Gasteiger partial charge in [-0.05, 0) is 29.3 Å². The van der Waals surface area contributed by atoms with Gasteiger partial charge in [0, 0.05) is 18.9 Å². The van der Waals surface area contributed by atoms with Crippen LogP contribution in [0.15, 0.2) is 60.9 Å². The maximum atomic E-state index is 13.2. The van der Waals surface area contributed by atoms with Crippen molar-refractivity contribution in [3.8, 4) is 0 Å². The molecule has 0 bridgehead atoms. The van der Waals surface area contributed by atoms with Crippen LogP contribution in [0.3, 0.4) is 0 Å². The molecule has 1 fully saturated rings. The number of benzene rings is 2. The SMILES string of the molecule is FC(F)(F)c1cc(CO[C@H]2OCCN(Cc3ncc[nH]3)[C@H]2c2ccccc2)cc(C(F)(F)F)c1. The maximum Gasteiger partial charge on any atom is 0.416 e. The van der Waals surface area contributed by atoms with Crippen molar-refractivity contribution < 1.29 is 35.8 Å². The lowest BCUT2D eigenvalue weighted by Gasteiger charge is -2.40. The second-order valence-corrected chi connectivity index (χ2v) is 7.83. The maximum absolute atomic E-state index is 13.2. The van der Waals surface area contributed by atoms with E-state index < -0.39 is 42.4 Å². The Morgan fingerprint density at radius 1 is 1.00 bits per heavy atom. The van der Waals surface area contributed by atoms with E-state index in [-0.39, 0.29) is 18.2 Å². The zero-order valence-corrected chi connectivity index (χ0v) is 17.7. The smallest absolute Gasteiger partial charge is 0.349 e. The molecule has 11 heteroatoms. The number of aromatic nitrogens is 2. The van der Waals surface area contributed by atoms with Gasteiger partial charge in [0.1, 0.15) is 5.82 Å². The van der Waals surface area contributed by atoms with Crippen LogP contribution >= 0.6 is 0 Å². The average Bonchev–Trinajstić information content (AvgIpc) is 3.30. The molecule has 2 aromatic carbocycles. The van der Waals surface area contributed by atoms with Crippen molar-refractivity contribution in [3.63, 3.8) is 0 Å². The molecule has 0 radical (unpaired) electrons. The lowest BCUT2D eigenvalue weighted by atomic mass is 10.0. The fourth-order valence-electron chi connectivity index (χ4n) is 3.88. The fourth-order valence-corrected chi connectivity index (χ4v) is 3.88. The summed E-state index contributed by atoms with van der Waals surface area (Å²) in [6.07, 6.45) is -7.47. The minimum atomic E-state index is -4.93. The summed E-state index contributed by atoms with van der Waals surface area (Å²) in [6, 6.07) is 10.2. The average molecular weight is 485 g/mol. The standard InChI is InChI=1S/C23H21F6N3O2/c24-22(25,26)17-10-15(11-18(12-17)23(27,28)29)14-34-21-20(16-4-2-1-3-5-16)32(8-9-33-21)13-19-30-6-7-31-19/h1-7,10-12,20-21H,8-9,13-14H2,(H,30,31)/t20-,21+/m0/s1. The molecule has 1 saturated heterocycles. The summed E-state index contributed by atoms with van der Waals surface area (Å²) < 4.78 is 90.7. The summed E-state index contributed by atoms with van der Waals surface area (Å²) in [4.78, 5) is 9.29. The molecule has 2 heterocycles. The molecule has 1 N–H and O–H groups in total. The number of alkyl halides is 6. The van der Waals surface area contributed by atoms with Crippen LogP contribution in [0.2, 0.25) is 0 Å². The van der Waals surface area contributed by atoms with Crippen LogP contribution in [0.1, 0.15) is 34.1 Å². The zero-order chi connectivity index (χ0) is 24.3. The molecule has 5 nitrogen and oxygen atoms in total. The molecule has 0 unspecified atom stereocenters. The van der Waals surface area contributed by atoms with Crippen molar-refractivity contribution in [2.45, 2.75) is 37.8 Å². The third-order valence-corrected chi connectivity index (χ3v) is 5.42. The van der Waals surface area contributed by atoms with E-state index in [9.17, 15) is 26.3 Å². The zero-order valence-electron chi connectivity index (χ0n) is 17.7. The van der Waals surface area contributed by atoms with E-state index in [1.807, 2.05) is 35.2 Å². The van der Waals surface area contributed by atoms with E-state index in [2.05, 4.69) is 9.97 Å². The van der Waals surface area contributed by atoms with Crippen LogP contribution in [0.4, 0.5) is 26.3 Å². The van der Waals surface area contributed by atoms with Gasteiger partial charge in [-0.15, -0.1) is 0 Å². The molecule has 3 aromatic rings. The Balaban J connectivity index is 1.59. The number of hydrogen-bond acceptors (Lipinski definition) is 4. The highest BCUT2D eigenvalue weighted by molar-refractivity contribution is 5.33. The van der Waals surface area contributed by atoms with Crippen molar-refractivity contribution in [3.05, 3.63) is 89.0 Å². The summed E-state index contributed by atoms with van der Waals surface area (Å²) in [6.45, 7) is 0.736. The van der Waals surface area contributed by atoms with Gasteiger partial charge in [0.15, 0.2) is 6.29 Å². The molecule has 1 aromatic heterocycles. The number of aromatic amines is 1. The van der Waals surface area contributed by atoms with E-state index in [0.29, 0.717) is 31.0 Å². The van der Waals surface area contributed by atoms with Crippen LogP contribution in [0.5, 0.6) is 0 Å². The Bertz CT molecular complexity index is 1040. The largest absolute Gasteiger partial charge is 0.416 e. The van der Waals surface area contributed by atoms with Gasteiger partial charge >= 0.3 is 12.4 Å². The molecule has 2 atom stereocenters. The van der Waals surface area contributed by atoms with Gasteiger partial charge in [0.2, 0.25) is 0 Å². The first-order valence-electron chi connectivity index (χ1n) is 10.4. The summed E-state index contributed by atoms with van der Waals surface area (Å²) in [7, 11) is 0. The van der Waals surface area contributed by atoms with E-state index in [1.165, 1.54) is 0 Å². The van der Waals surface area contributed by atoms with Crippen molar-refractivity contribution >= 4 is 0 Å². The Morgan fingerprint density at radius 2 is 1.68 bits per heavy atom. The molecule has 0 spiro atoms. The van der Waals surface area contributed by atoms with E-state index in [1.54, 1.807) is 12.4 Å². The molecule has 1 aliphatic rings. The number of imidazole rings is 1. The first-order valence-corrected chi connectivity index (χ1v) is 10.4. The molecule has 4 rings (SSSR count). The number of ether oxygens (including phenoxy) is 2. The highest BCUT2D eigenvalue weighted by Gasteiger charge is 2.38.